The third-order valence-electron chi connectivity index (χ3n) is 3.47. The highest BCUT2D eigenvalue weighted by Crippen LogP contribution is 2.26. The van der Waals surface area contributed by atoms with Crippen LogP contribution < -0.4 is 15.5 Å². The lowest BCUT2D eigenvalue weighted by molar-refractivity contribution is -0.114. The van der Waals surface area contributed by atoms with Gasteiger partial charge in [-0.1, -0.05) is 24.3 Å². The smallest absolute Gasteiger partial charge is 0.221 e. The number of carbonyl (C=O) groups is 1. The van der Waals surface area contributed by atoms with Crippen LogP contribution in [0.3, 0.4) is 0 Å². The molecule has 1 amide bonds. The van der Waals surface area contributed by atoms with Gasteiger partial charge in [-0.2, -0.15) is 5.10 Å². The number of amides is 1. The van der Waals surface area contributed by atoms with E-state index < -0.39 is 0 Å². The van der Waals surface area contributed by atoms with Gasteiger partial charge in [-0.15, -0.1) is 11.3 Å². The number of hydrazone groups is 1. The van der Waals surface area contributed by atoms with Gasteiger partial charge in [0.05, 0.1) is 19.0 Å². The Morgan fingerprint density at radius 2 is 2.04 bits per heavy atom. The van der Waals surface area contributed by atoms with E-state index in [1.165, 1.54) is 18.3 Å². The van der Waals surface area contributed by atoms with Crippen LogP contribution in [0, 0.1) is 0 Å². The Bertz CT molecular complexity index is 919. The minimum Gasteiger partial charge on any atom is -0.497 e. The lowest BCUT2D eigenvalue weighted by Crippen LogP contribution is -2.05. The van der Waals surface area contributed by atoms with Crippen molar-refractivity contribution in [3.63, 3.8) is 0 Å². The van der Waals surface area contributed by atoms with Gasteiger partial charge in [-0.3, -0.25) is 10.2 Å². The fourth-order valence-electron chi connectivity index (χ4n) is 2.27. The highest BCUT2D eigenvalue weighted by molar-refractivity contribution is 7.14. The Hall–Kier alpha value is -3.19. The summed E-state index contributed by atoms with van der Waals surface area (Å²) in [5, 5.41) is 9.61. The van der Waals surface area contributed by atoms with Crippen molar-refractivity contribution in [2.75, 3.05) is 17.9 Å². The molecule has 0 aliphatic carbocycles. The Morgan fingerprint density at radius 3 is 2.77 bits per heavy atom. The van der Waals surface area contributed by atoms with Gasteiger partial charge in [-0.25, -0.2) is 4.98 Å². The van der Waals surface area contributed by atoms with E-state index in [1.807, 2.05) is 53.9 Å². The summed E-state index contributed by atoms with van der Waals surface area (Å²) in [5.74, 6) is 0.694. The first kappa shape index (κ1) is 17.6. The van der Waals surface area contributed by atoms with E-state index in [-0.39, 0.29) is 5.91 Å². The van der Waals surface area contributed by atoms with Gasteiger partial charge in [0, 0.05) is 23.6 Å². The molecule has 7 heteroatoms. The van der Waals surface area contributed by atoms with E-state index in [4.69, 9.17) is 4.74 Å². The van der Waals surface area contributed by atoms with Crippen LogP contribution in [0.5, 0.6) is 5.75 Å². The predicted octanol–water partition coefficient (Wildman–Crippen LogP) is 4.22. The van der Waals surface area contributed by atoms with Gasteiger partial charge in [0.15, 0.2) is 0 Å². The monoisotopic (exact) mass is 366 g/mol. The maximum absolute atomic E-state index is 11.1. The van der Waals surface area contributed by atoms with E-state index >= 15 is 0 Å². The number of thiazole rings is 1. The number of benzene rings is 2. The van der Waals surface area contributed by atoms with Crippen molar-refractivity contribution in [3.8, 4) is 17.0 Å². The van der Waals surface area contributed by atoms with Crippen molar-refractivity contribution in [3.05, 3.63) is 59.5 Å². The highest BCUT2D eigenvalue weighted by Gasteiger charge is 2.04. The summed E-state index contributed by atoms with van der Waals surface area (Å²) in [6.45, 7) is 1.48. The standard InChI is InChI=1S/C19H18N4O2S/c1-13(24)21-16-8-6-15(7-9-16)18-12-26-19(22-18)23-20-11-14-4-3-5-17(10-14)25-2/h3-12H,1-2H3,(H,21,24)(H,22,23)/b20-11-. The lowest BCUT2D eigenvalue weighted by Gasteiger charge is -2.02. The van der Waals surface area contributed by atoms with Crippen LogP contribution in [-0.2, 0) is 4.79 Å². The first-order valence-electron chi connectivity index (χ1n) is 7.91. The van der Waals surface area contributed by atoms with Gasteiger partial charge >= 0.3 is 0 Å². The van der Waals surface area contributed by atoms with Gasteiger partial charge in [0.2, 0.25) is 11.0 Å². The van der Waals surface area contributed by atoms with E-state index in [0.29, 0.717) is 5.13 Å². The zero-order valence-corrected chi connectivity index (χ0v) is 15.2. The van der Waals surface area contributed by atoms with Crippen LogP contribution in [0.25, 0.3) is 11.3 Å². The predicted molar refractivity (Wildman–Crippen MR) is 106 cm³/mol. The zero-order chi connectivity index (χ0) is 18.4. The zero-order valence-electron chi connectivity index (χ0n) is 14.4. The molecule has 3 rings (SSSR count). The fourth-order valence-corrected chi connectivity index (χ4v) is 2.94. The molecule has 1 heterocycles. The summed E-state index contributed by atoms with van der Waals surface area (Å²) in [5.41, 5.74) is 6.45. The average molecular weight is 366 g/mol. The molecule has 0 fully saturated rings. The number of hydrogen-bond donors (Lipinski definition) is 2. The number of aromatic nitrogens is 1. The number of anilines is 2. The Kier molecular flexibility index (Phi) is 5.60. The Balaban J connectivity index is 1.64. The number of hydrogen-bond acceptors (Lipinski definition) is 6. The SMILES string of the molecule is COc1cccc(/C=N\Nc2nc(-c3ccc(NC(C)=O)cc3)cs2)c1. The molecule has 0 atom stereocenters. The fraction of sp³-hybridized carbons (Fsp3) is 0.105. The van der Waals surface area contributed by atoms with Crippen molar-refractivity contribution in [2.45, 2.75) is 6.92 Å². The summed E-state index contributed by atoms with van der Waals surface area (Å²) >= 11 is 1.47. The molecular weight excluding hydrogens is 348 g/mol. The normalized spacial score (nSPS) is 10.7. The van der Waals surface area contributed by atoms with Crippen molar-refractivity contribution >= 4 is 34.3 Å². The largest absolute Gasteiger partial charge is 0.497 e. The maximum atomic E-state index is 11.1. The second-order valence-electron chi connectivity index (χ2n) is 5.44. The third-order valence-corrected chi connectivity index (χ3v) is 4.22. The number of nitrogens with one attached hydrogen (secondary N) is 2. The van der Waals surface area contributed by atoms with Crippen LogP contribution in [0.1, 0.15) is 12.5 Å². The van der Waals surface area contributed by atoms with Gasteiger partial charge in [0.25, 0.3) is 0 Å². The molecule has 0 saturated carbocycles. The summed E-state index contributed by atoms with van der Waals surface area (Å²) in [6.07, 6.45) is 1.71. The van der Waals surface area contributed by atoms with Crippen LogP contribution in [0.4, 0.5) is 10.8 Å². The van der Waals surface area contributed by atoms with Crippen molar-refractivity contribution < 1.29 is 9.53 Å². The average Bonchev–Trinajstić information content (AvgIpc) is 3.11. The summed E-state index contributed by atoms with van der Waals surface area (Å²) in [4.78, 5) is 15.6. The second-order valence-corrected chi connectivity index (χ2v) is 6.30. The van der Waals surface area contributed by atoms with E-state index in [2.05, 4.69) is 20.8 Å². The molecule has 2 aromatic carbocycles. The molecule has 2 N–H and O–H groups in total. The molecule has 3 aromatic rings. The van der Waals surface area contributed by atoms with Crippen LogP contribution >= 0.6 is 11.3 Å². The van der Waals surface area contributed by atoms with Crippen LogP contribution in [0.2, 0.25) is 0 Å². The number of methoxy groups -OCH3 is 1. The lowest BCUT2D eigenvalue weighted by atomic mass is 10.1. The molecular formula is C19H18N4O2S. The minimum absolute atomic E-state index is 0.0909. The molecule has 0 aliphatic heterocycles. The molecule has 0 radical (unpaired) electrons. The highest BCUT2D eigenvalue weighted by atomic mass is 32.1. The van der Waals surface area contributed by atoms with Crippen LogP contribution in [-0.4, -0.2) is 24.2 Å². The Labute approximate surface area is 155 Å². The van der Waals surface area contributed by atoms with Crippen molar-refractivity contribution in [1.82, 2.24) is 4.98 Å². The number of rotatable bonds is 6. The summed E-state index contributed by atoms with van der Waals surface area (Å²) in [7, 11) is 1.63. The van der Waals surface area contributed by atoms with E-state index in [1.54, 1.807) is 13.3 Å². The first-order chi connectivity index (χ1) is 12.6. The number of ether oxygens (including phenoxy) is 1. The van der Waals surface area contributed by atoms with Crippen molar-refractivity contribution in [2.24, 2.45) is 5.10 Å². The van der Waals surface area contributed by atoms with Gasteiger partial charge in [0.1, 0.15) is 5.75 Å². The molecule has 132 valence electrons. The minimum atomic E-state index is -0.0909. The maximum Gasteiger partial charge on any atom is 0.221 e. The molecule has 0 spiro atoms. The van der Waals surface area contributed by atoms with Gasteiger partial charge < -0.3 is 10.1 Å². The molecule has 26 heavy (non-hydrogen) atoms. The quantitative estimate of drug-likeness (QED) is 0.506. The first-order valence-corrected chi connectivity index (χ1v) is 8.79. The van der Waals surface area contributed by atoms with Crippen molar-refractivity contribution in [1.29, 1.82) is 0 Å². The molecule has 0 unspecified atom stereocenters. The molecule has 0 bridgehead atoms. The Morgan fingerprint density at radius 1 is 1.23 bits per heavy atom. The summed E-state index contributed by atoms with van der Waals surface area (Å²) < 4.78 is 5.19. The number of carbonyl (C=O) groups excluding carboxylic acids is 1. The molecule has 6 nitrogen and oxygen atoms in total. The summed E-state index contributed by atoms with van der Waals surface area (Å²) in [6, 6.07) is 15.2. The van der Waals surface area contributed by atoms with Crippen LogP contribution in [0.15, 0.2) is 59.0 Å². The van der Waals surface area contributed by atoms with Gasteiger partial charge in [-0.05, 0) is 29.8 Å². The third kappa shape index (κ3) is 4.67. The molecule has 0 saturated heterocycles. The molecule has 0 aliphatic rings. The number of nitrogens with zero attached hydrogens (tertiary/aromatic N) is 2. The molecule has 1 aromatic heterocycles. The van der Waals surface area contributed by atoms with E-state index in [9.17, 15) is 4.79 Å². The second kappa shape index (κ2) is 8.26. The topological polar surface area (TPSA) is 75.6 Å². The van der Waals surface area contributed by atoms with E-state index in [0.717, 1.165) is 28.3 Å².